The second-order valence-corrected chi connectivity index (χ2v) is 5.17. The second kappa shape index (κ2) is 6.68. The van der Waals surface area contributed by atoms with Crippen LogP contribution in [0.2, 0.25) is 0 Å². The van der Waals surface area contributed by atoms with Crippen LogP contribution in [0.4, 0.5) is 0 Å². The van der Waals surface area contributed by atoms with Crippen LogP contribution in [-0.2, 0) is 4.74 Å². The molecule has 0 spiro atoms. The number of methoxy groups -OCH3 is 1. The molecule has 0 saturated carbocycles. The summed E-state index contributed by atoms with van der Waals surface area (Å²) in [6.07, 6.45) is -1.00. The first-order valence-electron chi connectivity index (χ1n) is 6.45. The maximum absolute atomic E-state index is 12.2. The molecule has 0 aliphatic rings. The number of nitrogens with one attached hydrogen (secondary N) is 1. The van der Waals surface area contributed by atoms with Crippen molar-refractivity contribution >= 4 is 5.91 Å². The number of ether oxygens (including phenoxy) is 1. The number of carbonyl (C=O) groups excluding carboxylic acids is 1. The fraction of sp³-hybridized carbons (Fsp3) is 0.533. The quantitative estimate of drug-likeness (QED) is 0.801. The van der Waals surface area contributed by atoms with Crippen molar-refractivity contribution in [2.24, 2.45) is 5.92 Å². The highest BCUT2D eigenvalue weighted by Crippen LogP contribution is 2.12. The second-order valence-electron chi connectivity index (χ2n) is 5.17. The van der Waals surface area contributed by atoms with Crippen molar-refractivity contribution in [3.05, 3.63) is 34.9 Å². The van der Waals surface area contributed by atoms with Gasteiger partial charge in [0.25, 0.3) is 5.91 Å². The molecule has 1 rings (SSSR count). The zero-order valence-corrected chi connectivity index (χ0v) is 12.2. The van der Waals surface area contributed by atoms with E-state index < -0.39 is 12.3 Å². The van der Waals surface area contributed by atoms with E-state index in [1.807, 2.05) is 39.8 Å². The summed E-state index contributed by atoms with van der Waals surface area (Å²) in [6, 6.07) is 5.12. The topological polar surface area (TPSA) is 58.6 Å². The van der Waals surface area contributed by atoms with E-state index in [-0.39, 0.29) is 11.8 Å². The normalized spacial score (nSPS) is 14.3. The van der Waals surface area contributed by atoms with Crippen LogP contribution < -0.4 is 5.32 Å². The minimum Gasteiger partial charge on any atom is -0.366 e. The lowest BCUT2D eigenvalue weighted by Gasteiger charge is -2.26. The first-order chi connectivity index (χ1) is 8.86. The van der Waals surface area contributed by atoms with E-state index in [9.17, 15) is 9.90 Å². The van der Waals surface area contributed by atoms with Gasteiger partial charge in [0.15, 0.2) is 6.29 Å². The van der Waals surface area contributed by atoms with E-state index in [1.165, 1.54) is 7.11 Å². The molecule has 0 heterocycles. The standard InChI is InChI=1S/C15H23NO3/c1-9(2)13(15(18)19-5)16-14(17)12-7-6-10(3)11(4)8-12/h6-9,13,15,18H,1-5H3,(H,16,17)/t13-,15?/m0/s1. The predicted molar refractivity (Wildman–Crippen MR) is 75.0 cm³/mol. The number of aryl methyl sites for hydroxylation is 2. The molecule has 0 aliphatic heterocycles. The molecule has 0 fully saturated rings. The monoisotopic (exact) mass is 265 g/mol. The molecule has 0 radical (unpaired) electrons. The largest absolute Gasteiger partial charge is 0.366 e. The minimum absolute atomic E-state index is 0.0745. The molecule has 0 aliphatic carbocycles. The Kier molecular flexibility index (Phi) is 5.51. The highest BCUT2D eigenvalue weighted by atomic mass is 16.6. The van der Waals surface area contributed by atoms with Crippen LogP contribution in [0.25, 0.3) is 0 Å². The SMILES string of the molecule is COC(O)[C@@H](NC(=O)c1ccc(C)c(C)c1)C(C)C. The lowest BCUT2D eigenvalue weighted by Crippen LogP contribution is -2.47. The highest BCUT2D eigenvalue weighted by Gasteiger charge is 2.24. The van der Waals surface area contributed by atoms with E-state index in [4.69, 9.17) is 4.74 Å². The van der Waals surface area contributed by atoms with Gasteiger partial charge in [0.05, 0.1) is 6.04 Å². The molecule has 1 unspecified atom stereocenters. The third-order valence-electron chi connectivity index (χ3n) is 3.33. The number of carbonyl (C=O) groups is 1. The first-order valence-corrected chi connectivity index (χ1v) is 6.45. The number of hydrogen-bond donors (Lipinski definition) is 2. The van der Waals surface area contributed by atoms with E-state index in [0.717, 1.165) is 11.1 Å². The Morgan fingerprint density at radius 1 is 1.26 bits per heavy atom. The molecule has 0 bridgehead atoms. The first kappa shape index (κ1) is 15.7. The number of amides is 1. The molecule has 0 aromatic heterocycles. The fourth-order valence-corrected chi connectivity index (χ4v) is 1.83. The summed E-state index contributed by atoms with van der Waals surface area (Å²) in [7, 11) is 1.42. The van der Waals surface area contributed by atoms with Gasteiger partial charge in [-0.25, -0.2) is 0 Å². The average Bonchev–Trinajstić information content (AvgIpc) is 2.37. The van der Waals surface area contributed by atoms with Gasteiger partial charge in [-0.2, -0.15) is 0 Å². The smallest absolute Gasteiger partial charge is 0.251 e. The van der Waals surface area contributed by atoms with Crippen LogP contribution >= 0.6 is 0 Å². The van der Waals surface area contributed by atoms with Crippen molar-refractivity contribution in [1.29, 1.82) is 0 Å². The Morgan fingerprint density at radius 3 is 2.37 bits per heavy atom. The van der Waals surface area contributed by atoms with Gasteiger partial charge in [0.2, 0.25) is 0 Å². The van der Waals surface area contributed by atoms with Crippen molar-refractivity contribution in [2.45, 2.75) is 40.0 Å². The summed E-state index contributed by atoms with van der Waals surface area (Å²) < 4.78 is 4.89. The predicted octanol–water partition coefficient (Wildman–Crippen LogP) is 2.02. The lowest BCUT2D eigenvalue weighted by molar-refractivity contribution is -0.104. The van der Waals surface area contributed by atoms with Gasteiger partial charge < -0.3 is 15.2 Å². The van der Waals surface area contributed by atoms with Gasteiger partial charge in [-0.3, -0.25) is 4.79 Å². The molecule has 4 nitrogen and oxygen atoms in total. The maximum Gasteiger partial charge on any atom is 0.251 e. The summed E-state index contributed by atoms with van der Waals surface area (Å²) in [5, 5.41) is 12.6. The number of hydrogen-bond acceptors (Lipinski definition) is 3. The summed E-state index contributed by atoms with van der Waals surface area (Å²) >= 11 is 0. The molecule has 4 heteroatoms. The Balaban J connectivity index is 2.84. The van der Waals surface area contributed by atoms with E-state index in [2.05, 4.69) is 5.32 Å². The third-order valence-corrected chi connectivity index (χ3v) is 3.33. The molecule has 19 heavy (non-hydrogen) atoms. The Hall–Kier alpha value is -1.39. The fourth-order valence-electron chi connectivity index (χ4n) is 1.83. The summed E-state index contributed by atoms with van der Waals surface area (Å²) in [5.74, 6) is -0.122. The minimum atomic E-state index is -1.00. The maximum atomic E-state index is 12.2. The van der Waals surface area contributed by atoms with Crippen molar-refractivity contribution < 1.29 is 14.6 Å². The Labute approximate surface area is 114 Å². The third kappa shape index (κ3) is 4.04. The van der Waals surface area contributed by atoms with Gasteiger partial charge in [0.1, 0.15) is 0 Å². The van der Waals surface area contributed by atoms with Crippen LogP contribution in [0.15, 0.2) is 18.2 Å². The molecule has 1 aromatic carbocycles. The summed E-state index contributed by atoms with van der Waals surface area (Å²) in [5.41, 5.74) is 2.81. The van der Waals surface area contributed by atoms with Gasteiger partial charge in [-0.1, -0.05) is 19.9 Å². The molecule has 1 amide bonds. The van der Waals surface area contributed by atoms with E-state index >= 15 is 0 Å². The number of aliphatic hydroxyl groups is 1. The van der Waals surface area contributed by atoms with Crippen LogP contribution in [0.1, 0.15) is 35.3 Å². The van der Waals surface area contributed by atoms with Crippen molar-refractivity contribution in [2.75, 3.05) is 7.11 Å². The van der Waals surface area contributed by atoms with Crippen LogP contribution in [0.3, 0.4) is 0 Å². The van der Waals surface area contributed by atoms with Gasteiger partial charge >= 0.3 is 0 Å². The Morgan fingerprint density at radius 2 is 1.89 bits per heavy atom. The average molecular weight is 265 g/mol. The highest BCUT2D eigenvalue weighted by molar-refractivity contribution is 5.94. The molecular formula is C15H23NO3. The molecule has 1 aromatic rings. The molecule has 2 atom stereocenters. The van der Waals surface area contributed by atoms with E-state index in [0.29, 0.717) is 5.56 Å². The molecular weight excluding hydrogens is 242 g/mol. The molecule has 106 valence electrons. The zero-order chi connectivity index (χ0) is 14.6. The summed E-state index contributed by atoms with van der Waals surface area (Å²) in [4.78, 5) is 12.2. The molecule has 0 saturated heterocycles. The van der Waals surface area contributed by atoms with Crippen LogP contribution in [-0.4, -0.2) is 30.5 Å². The summed E-state index contributed by atoms with van der Waals surface area (Å²) in [6.45, 7) is 7.82. The van der Waals surface area contributed by atoms with Crippen LogP contribution in [0, 0.1) is 19.8 Å². The number of benzene rings is 1. The number of aliphatic hydroxyl groups excluding tert-OH is 1. The van der Waals surface area contributed by atoms with Crippen LogP contribution in [0.5, 0.6) is 0 Å². The van der Waals surface area contributed by atoms with Crippen molar-refractivity contribution in [3.63, 3.8) is 0 Å². The Bertz CT molecular complexity index is 443. The van der Waals surface area contributed by atoms with Gasteiger partial charge in [-0.05, 0) is 43.0 Å². The zero-order valence-electron chi connectivity index (χ0n) is 12.2. The lowest BCUT2D eigenvalue weighted by atomic mass is 10.0. The van der Waals surface area contributed by atoms with E-state index in [1.54, 1.807) is 6.07 Å². The van der Waals surface area contributed by atoms with Gasteiger partial charge in [0, 0.05) is 12.7 Å². The molecule has 2 N–H and O–H groups in total. The van der Waals surface area contributed by atoms with Crippen molar-refractivity contribution in [1.82, 2.24) is 5.32 Å². The number of rotatable bonds is 5. The van der Waals surface area contributed by atoms with Gasteiger partial charge in [-0.15, -0.1) is 0 Å². The van der Waals surface area contributed by atoms with Crippen molar-refractivity contribution in [3.8, 4) is 0 Å².